The van der Waals surface area contributed by atoms with Gasteiger partial charge in [0.2, 0.25) is 0 Å². The monoisotopic (exact) mass is 398 g/mol. The Hall–Kier alpha value is -1.70. The van der Waals surface area contributed by atoms with Gasteiger partial charge in [0.1, 0.15) is 5.69 Å². The summed E-state index contributed by atoms with van der Waals surface area (Å²) in [6.07, 6.45) is -2.46. The number of hydrogen-bond acceptors (Lipinski definition) is 3. The molecule has 4 rings (SSSR count). The highest BCUT2D eigenvalue weighted by Gasteiger charge is 2.42. The zero-order chi connectivity index (χ0) is 20.1. The maximum Gasteiger partial charge on any atom is 0.391 e. The predicted octanol–water partition coefficient (Wildman–Crippen LogP) is 4.73. The molecule has 154 valence electrons. The maximum absolute atomic E-state index is 15.2. The van der Waals surface area contributed by atoms with Gasteiger partial charge in [-0.25, -0.2) is 13.9 Å². The smallest absolute Gasteiger partial charge is 0.316 e. The second kappa shape index (κ2) is 7.28. The first-order valence-electron chi connectivity index (χ1n) is 10.1. The van der Waals surface area contributed by atoms with Crippen LogP contribution < -0.4 is 5.32 Å². The van der Waals surface area contributed by atoms with Crippen LogP contribution in [0, 0.1) is 24.6 Å². The number of aryl methyl sites for hydroxylation is 1. The van der Waals surface area contributed by atoms with Crippen LogP contribution in [0.2, 0.25) is 0 Å². The Kier molecular flexibility index (Phi) is 5.10. The number of halogens is 4. The second-order valence-electron chi connectivity index (χ2n) is 8.42. The van der Waals surface area contributed by atoms with Crippen molar-refractivity contribution in [3.63, 3.8) is 0 Å². The molecule has 2 atom stereocenters. The first-order chi connectivity index (χ1) is 13.3. The van der Waals surface area contributed by atoms with E-state index in [4.69, 9.17) is 0 Å². The molecular formula is C20H26F4N4. The molecule has 1 aliphatic heterocycles. The molecule has 1 N–H and O–H groups in total. The Labute approximate surface area is 161 Å². The SMILES string of the molecule is Cc1cc([C@@H]2CNCC[C@@H]2C)n2nc([C@H]3CC[C@H](C(F)(F)F)CC3)c(F)c2n1. The summed E-state index contributed by atoms with van der Waals surface area (Å²) in [5, 5.41) is 7.93. The summed E-state index contributed by atoms with van der Waals surface area (Å²) in [5.41, 5.74) is 2.12. The molecule has 1 saturated carbocycles. The summed E-state index contributed by atoms with van der Waals surface area (Å²) in [6, 6.07) is 1.96. The molecule has 2 aliphatic rings. The van der Waals surface area contributed by atoms with Gasteiger partial charge in [-0.05, 0) is 57.6 Å². The number of fused-ring (bicyclic) bond motifs is 1. The molecule has 0 spiro atoms. The number of hydrogen-bond donors (Lipinski definition) is 1. The Morgan fingerprint density at radius 1 is 1.14 bits per heavy atom. The van der Waals surface area contributed by atoms with Gasteiger partial charge in [-0.2, -0.15) is 18.3 Å². The number of alkyl halides is 3. The average molecular weight is 398 g/mol. The van der Waals surface area contributed by atoms with Crippen LogP contribution in [0.25, 0.3) is 5.65 Å². The number of nitrogens with zero attached hydrogens (tertiary/aromatic N) is 3. The fourth-order valence-corrected chi connectivity index (χ4v) is 4.76. The van der Waals surface area contributed by atoms with E-state index < -0.39 is 17.9 Å². The van der Waals surface area contributed by atoms with Gasteiger partial charge in [0, 0.05) is 24.1 Å². The lowest BCUT2D eigenvalue weighted by atomic mass is 9.80. The summed E-state index contributed by atoms with van der Waals surface area (Å²) < 4.78 is 55.6. The van der Waals surface area contributed by atoms with Gasteiger partial charge in [0.15, 0.2) is 11.5 Å². The highest BCUT2D eigenvalue weighted by Crippen LogP contribution is 2.43. The van der Waals surface area contributed by atoms with Crippen LogP contribution in [0.3, 0.4) is 0 Å². The van der Waals surface area contributed by atoms with E-state index >= 15 is 4.39 Å². The molecule has 28 heavy (non-hydrogen) atoms. The van der Waals surface area contributed by atoms with Gasteiger partial charge < -0.3 is 5.32 Å². The third kappa shape index (κ3) is 3.51. The summed E-state index contributed by atoms with van der Waals surface area (Å²) >= 11 is 0. The fraction of sp³-hybridized carbons (Fsp3) is 0.700. The Bertz CT molecular complexity index is 852. The minimum atomic E-state index is -4.17. The predicted molar refractivity (Wildman–Crippen MR) is 97.8 cm³/mol. The van der Waals surface area contributed by atoms with Crippen molar-refractivity contribution < 1.29 is 17.6 Å². The minimum absolute atomic E-state index is 0.0321. The van der Waals surface area contributed by atoms with E-state index in [2.05, 4.69) is 22.3 Å². The average Bonchev–Trinajstić information content (AvgIpc) is 2.98. The van der Waals surface area contributed by atoms with Crippen LogP contribution in [-0.4, -0.2) is 33.9 Å². The van der Waals surface area contributed by atoms with Gasteiger partial charge in [0.05, 0.1) is 11.6 Å². The van der Waals surface area contributed by atoms with Crippen molar-refractivity contribution in [3.8, 4) is 0 Å². The lowest BCUT2D eigenvalue weighted by molar-refractivity contribution is -0.182. The van der Waals surface area contributed by atoms with Crippen LogP contribution in [0.5, 0.6) is 0 Å². The van der Waals surface area contributed by atoms with E-state index in [-0.39, 0.29) is 36.0 Å². The molecule has 2 aromatic rings. The molecule has 4 nitrogen and oxygen atoms in total. The van der Waals surface area contributed by atoms with Crippen molar-refractivity contribution in [1.29, 1.82) is 0 Å². The van der Waals surface area contributed by atoms with E-state index in [0.29, 0.717) is 18.8 Å². The molecule has 1 aliphatic carbocycles. The first kappa shape index (κ1) is 19.6. The number of aromatic nitrogens is 3. The third-order valence-corrected chi connectivity index (χ3v) is 6.50. The van der Waals surface area contributed by atoms with Crippen molar-refractivity contribution in [1.82, 2.24) is 19.9 Å². The zero-order valence-electron chi connectivity index (χ0n) is 16.2. The maximum atomic E-state index is 15.2. The van der Waals surface area contributed by atoms with Gasteiger partial charge in [-0.1, -0.05) is 6.92 Å². The molecule has 3 heterocycles. The molecule has 0 aromatic carbocycles. The normalized spacial score (nSPS) is 29.4. The first-order valence-corrected chi connectivity index (χ1v) is 10.1. The quantitative estimate of drug-likeness (QED) is 0.744. The number of rotatable bonds is 2. The zero-order valence-corrected chi connectivity index (χ0v) is 16.2. The molecular weight excluding hydrogens is 372 g/mol. The van der Waals surface area contributed by atoms with Crippen LogP contribution in [-0.2, 0) is 0 Å². The van der Waals surface area contributed by atoms with Crippen LogP contribution in [0.1, 0.15) is 67.9 Å². The number of piperidine rings is 1. The van der Waals surface area contributed by atoms with Gasteiger partial charge in [-0.15, -0.1) is 0 Å². The van der Waals surface area contributed by atoms with Crippen molar-refractivity contribution in [2.24, 2.45) is 11.8 Å². The summed E-state index contributed by atoms with van der Waals surface area (Å²) in [5.74, 6) is -1.41. The Balaban J connectivity index is 1.68. The topological polar surface area (TPSA) is 42.2 Å². The van der Waals surface area contributed by atoms with E-state index in [1.807, 2.05) is 13.0 Å². The second-order valence-corrected chi connectivity index (χ2v) is 8.42. The van der Waals surface area contributed by atoms with Gasteiger partial charge in [-0.3, -0.25) is 0 Å². The van der Waals surface area contributed by atoms with E-state index in [1.54, 1.807) is 4.52 Å². The molecule has 1 saturated heterocycles. The highest BCUT2D eigenvalue weighted by atomic mass is 19.4. The lowest BCUT2D eigenvalue weighted by Gasteiger charge is -2.30. The number of nitrogens with one attached hydrogen (secondary N) is 1. The summed E-state index contributed by atoms with van der Waals surface area (Å²) in [6.45, 7) is 5.79. The Morgan fingerprint density at radius 2 is 1.86 bits per heavy atom. The Morgan fingerprint density at radius 3 is 2.50 bits per heavy atom. The van der Waals surface area contributed by atoms with E-state index in [9.17, 15) is 13.2 Å². The van der Waals surface area contributed by atoms with Crippen LogP contribution in [0.4, 0.5) is 17.6 Å². The van der Waals surface area contributed by atoms with Crippen molar-refractivity contribution in [3.05, 3.63) is 29.0 Å². The minimum Gasteiger partial charge on any atom is -0.316 e. The molecule has 0 bridgehead atoms. The van der Waals surface area contributed by atoms with Gasteiger partial charge >= 0.3 is 6.18 Å². The van der Waals surface area contributed by atoms with Crippen LogP contribution in [0.15, 0.2) is 6.07 Å². The third-order valence-electron chi connectivity index (χ3n) is 6.50. The van der Waals surface area contributed by atoms with E-state index in [1.165, 1.54) is 0 Å². The van der Waals surface area contributed by atoms with E-state index in [0.717, 1.165) is 30.9 Å². The van der Waals surface area contributed by atoms with Crippen molar-refractivity contribution in [2.45, 2.75) is 64.0 Å². The summed E-state index contributed by atoms with van der Waals surface area (Å²) in [7, 11) is 0. The highest BCUT2D eigenvalue weighted by molar-refractivity contribution is 5.45. The lowest BCUT2D eigenvalue weighted by Crippen LogP contribution is -2.35. The molecule has 8 heteroatoms. The standard InChI is InChI=1S/C20H26F4N4/c1-11-7-8-25-10-15(11)16-9-12(2)26-19-17(21)18(27-28(16)19)13-3-5-14(6-4-13)20(22,23)24/h9,11,13-15,25H,3-8,10H2,1-2H3/t11-,13-,14-,15+/m0/s1. The fourth-order valence-electron chi connectivity index (χ4n) is 4.76. The van der Waals surface area contributed by atoms with Crippen LogP contribution >= 0.6 is 0 Å². The molecule has 2 aromatic heterocycles. The largest absolute Gasteiger partial charge is 0.391 e. The molecule has 0 unspecified atom stereocenters. The molecule has 0 radical (unpaired) electrons. The van der Waals surface area contributed by atoms with Gasteiger partial charge in [0.25, 0.3) is 0 Å². The van der Waals surface area contributed by atoms with Crippen molar-refractivity contribution >= 4 is 5.65 Å². The molecule has 0 amide bonds. The molecule has 2 fully saturated rings. The summed E-state index contributed by atoms with van der Waals surface area (Å²) in [4.78, 5) is 4.35. The van der Waals surface area contributed by atoms with Crippen molar-refractivity contribution in [2.75, 3.05) is 13.1 Å².